The third kappa shape index (κ3) is 2.85. The first-order valence-corrected chi connectivity index (χ1v) is 9.79. The third-order valence-corrected chi connectivity index (χ3v) is 6.91. The number of carbonyl (C=O) groups is 1. The molecule has 0 aromatic heterocycles. The topological polar surface area (TPSA) is 64.3 Å². The van der Waals surface area contributed by atoms with Crippen LogP contribution in [0.15, 0.2) is 23.1 Å². The molecule has 0 radical (unpaired) electrons. The van der Waals surface area contributed by atoms with Gasteiger partial charge < -0.3 is 15.8 Å². The van der Waals surface area contributed by atoms with Crippen molar-refractivity contribution in [2.45, 2.75) is 56.2 Å². The standard InChI is InChI=1S/C18H25ClN2O2S/c1-4-23-15-10-18(20,17(15,2)3)16(22)21-13-7-8-24-14-6-5-11(19)9-12(13)14/h5-6,9,13,15H,4,7-8,10,20H2,1-3H3,(H,21,22). The predicted octanol–water partition coefficient (Wildman–Crippen LogP) is 3.53. The zero-order chi connectivity index (χ0) is 17.5. The highest BCUT2D eigenvalue weighted by Gasteiger charge is 2.63. The van der Waals surface area contributed by atoms with Crippen LogP contribution in [-0.2, 0) is 9.53 Å². The maximum atomic E-state index is 12.9. The van der Waals surface area contributed by atoms with E-state index in [4.69, 9.17) is 22.1 Å². The van der Waals surface area contributed by atoms with Crippen molar-refractivity contribution in [3.8, 4) is 0 Å². The second-order valence-electron chi connectivity index (χ2n) is 7.19. The van der Waals surface area contributed by atoms with Crippen LogP contribution in [0.3, 0.4) is 0 Å². The molecular formula is C18H25ClN2O2S. The van der Waals surface area contributed by atoms with E-state index in [2.05, 4.69) is 5.32 Å². The van der Waals surface area contributed by atoms with E-state index in [1.165, 1.54) is 4.90 Å². The molecule has 1 aliphatic carbocycles. The van der Waals surface area contributed by atoms with Crippen LogP contribution in [-0.4, -0.2) is 29.9 Å². The van der Waals surface area contributed by atoms with Gasteiger partial charge in [-0.25, -0.2) is 0 Å². The Morgan fingerprint density at radius 2 is 2.25 bits per heavy atom. The van der Waals surface area contributed by atoms with Gasteiger partial charge in [0.15, 0.2) is 0 Å². The molecule has 1 amide bonds. The van der Waals surface area contributed by atoms with Crippen molar-refractivity contribution in [1.82, 2.24) is 5.32 Å². The predicted molar refractivity (Wildman–Crippen MR) is 98.4 cm³/mol. The van der Waals surface area contributed by atoms with E-state index in [9.17, 15) is 4.79 Å². The number of ether oxygens (including phenoxy) is 1. The summed E-state index contributed by atoms with van der Waals surface area (Å²) in [5.74, 6) is 0.883. The van der Waals surface area contributed by atoms with Crippen molar-refractivity contribution in [3.63, 3.8) is 0 Å². The van der Waals surface area contributed by atoms with E-state index in [0.29, 0.717) is 18.1 Å². The largest absolute Gasteiger partial charge is 0.378 e. The molecule has 6 heteroatoms. The van der Waals surface area contributed by atoms with Gasteiger partial charge >= 0.3 is 0 Å². The first kappa shape index (κ1) is 18.1. The van der Waals surface area contributed by atoms with Crippen molar-refractivity contribution < 1.29 is 9.53 Å². The summed E-state index contributed by atoms with van der Waals surface area (Å²) in [6.07, 6.45) is 1.47. The van der Waals surface area contributed by atoms with Crippen LogP contribution in [0.4, 0.5) is 0 Å². The zero-order valence-electron chi connectivity index (χ0n) is 14.4. The summed E-state index contributed by atoms with van der Waals surface area (Å²) < 4.78 is 5.72. The number of nitrogens with two attached hydrogens (primary N) is 1. The maximum Gasteiger partial charge on any atom is 0.241 e. The minimum atomic E-state index is -0.893. The van der Waals surface area contributed by atoms with Gasteiger partial charge in [-0.1, -0.05) is 25.4 Å². The molecule has 3 rings (SSSR count). The Kier molecular flexibility index (Phi) is 4.91. The van der Waals surface area contributed by atoms with Crippen LogP contribution in [0, 0.1) is 5.41 Å². The molecule has 132 valence electrons. The fraction of sp³-hybridized carbons (Fsp3) is 0.611. The molecule has 2 aliphatic rings. The van der Waals surface area contributed by atoms with E-state index in [1.807, 2.05) is 39.0 Å². The van der Waals surface area contributed by atoms with E-state index in [-0.39, 0.29) is 23.5 Å². The van der Waals surface area contributed by atoms with E-state index < -0.39 is 5.54 Å². The fourth-order valence-corrected chi connectivity index (χ4v) is 4.91. The minimum absolute atomic E-state index is 0.0295. The van der Waals surface area contributed by atoms with Gasteiger partial charge in [-0.05, 0) is 37.1 Å². The number of hydrogen-bond acceptors (Lipinski definition) is 4. The molecule has 0 saturated heterocycles. The molecule has 3 N–H and O–H groups in total. The van der Waals surface area contributed by atoms with Crippen LogP contribution in [0.25, 0.3) is 0 Å². The Labute approximate surface area is 152 Å². The lowest BCUT2D eigenvalue weighted by Gasteiger charge is -2.57. The van der Waals surface area contributed by atoms with Crippen molar-refractivity contribution in [1.29, 1.82) is 0 Å². The van der Waals surface area contributed by atoms with Gasteiger partial charge in [-0.15, -0.1) is 11.8 Å². The van der Waals surface area contributed by atoms with E-state index >= 15 is 0 Å². The number of halogens is 1. The van der Waals surface area contributed by atoms with E-state index in [0.717, 1.165) is 17.7 Å². The number of fused-ring (bicyclic) bond motifs is 1. The van der Waals surface area contributed by atoms with Gasteiger partial charge in [-0.2, -0.15) is 0 Å². The number of nitrogens with one attached hydrogen (secondary N) is 1. The molecule has 3 unspecified atom stereocenters. The van der Waals surface area contributed by atoms with Gasteiger partial charge in [0.1, 0.15) is 5.54 Å². The van der Waals surface area contributed by atoms with Crippen molar-refractivity contribution in [3.05, 3.63) is 28.8 Å². The molecular weight excluding hydrogens is 344 g/mol. The quantitative estimate of drug-likeness (QED) is 0.853. The SMILES string of the molecule is CCOC1CC(N)(C(=O)NC2CCSc3ccc(Cl)cc32)C1(C)C. The molecule has 1 fully saturated rings. The number of hydrogen-bond donors (Lipinski definition) is 2. The summed E-state index contributed by atoms with van der Waals surface area (Å²) in [7, 11) is 0. The molecule has 0 bridgehead atoms. The molecule has 1 saturated carbocycles. The summed E-state index contributed by atoms with van der Waals surface area (Å²) in [6.45, 7) is 6.63. The first-order valence-electron chi connectivity index (χ1n) is 8.43. The van der Waals surface area contributed by atoms with Crippen LogP contribution in [0.1, 0.15) is 45.2 Å². The normalized spacial score (nSPS) is 31.0. The van der Waals surface area contributed by atoms with Crippen LogP contribution < -0.4 is 11.1 Å². The highest BCUT2D eigenvalue weighted by molar-refractivity contribution is 7.99. The smallest absolute Gasteiger partial charge is 0.241 e. The van der Waals surface area contributed by atoms with Crippen LogP contribution >= 0.6 is 23.4 Å². The number of carbonyl (C=O) groups excluding carboxylic acids is 1. The van der Waals surface area contributed by atoms with Crippen molar-refractivity contribution >= 4 is 29.3 Å². The molecule has 0 spiro atoms. The monoisotopic (exact) mass is 368 g/mol. The van der Waals surface area contributed by atoms with Gasteiger partial charge in [0, 0.05) is 34.1 Å². The average molecular weight is 369 g/mol. The highest BCUT2D eigenvalue weighted by Crippen LogP contribution is 2.50. The second kappa shape index (κ2) is 6.52. The van der Waals surface area contributed by atoms with Crippen LogP contribution in [0.5, 0.6) is 0 Å². The minimum Gasteiger partial charge on any atom is -0.378 e. The van der Waals surface area contributed by atoms with Gasteiger partial charge in [0.2, 0.25) is 5.91 Å². The molecule has 3 atom stereocenters. The third-order valence-electron chi connectivity index (χ3n) is 5.55. The lowest BCUT2D eigenvalue weighted by molar-refractivity contribution is -0.171. The lowest BCUT2D eigenvalue weighted by atomic mass is 9.54. The van der Waals surface area contributed by atoms with Gasteiger partial charge in [0.05, 0.1) is 12.1 Å². The van der Waals surface area contributed by atoms with Crippen molar-refractivity contribution in [2.24, 2.45) is 11.1 Å². The second-order valence-corrected chi connectivity index (χ2v) is 8.76. The number of benzene rings is 1. The van der Waals surface area contributed by atoms with Gasteiger partial charge in [0.25, 0.3) is 0 Å². The molecule has 1 aliphatic heterocycles. The number of rotatable bonds is 4. The Bertz CT molecular complexity index is 652. The summed E-state index contributed by atoms with van der Waals surface area (Å²) >= 11 is 7.94. The maximum absolute atomic E-state index is 12.9. The van der Waals surface area contributed by atoms with Crippen LogP contribution in [0.2, 0.25) is 5.02 Å². The average Bonchev–Trinajstić information content (AvgIpc) is 2.55. The Morgan fingerprint density at radius 3 is 2.92 bits per heavy atom. The van der Waals surface area contributed by atoms with Crippen molar-refractivity contribution in [2.75, 3.05) is 12.4 Å². The lowest BCUT2D eigenvalue weighted by Crippen LogP contribution is -2.75. The summed E-state index contributed by atoms with van der Waals surface area (Å²) in [6, 6.07) is 5.84. The zero-order valence-corrected chi connectivity index (χ0v) is 16.0. The molecule has 1 aromatic carbocycles. The van der Waals surface area contributed by atoms with Gasteiger partial charge in [-0.3, -0.25) is 4.79 Å². The highest BCUT2D eigenvalue weighted by atomic mass is 35.5. The Hall–Kier alpha value is -0.750. The first-order chi connectivity index (χ1) is 11.3. The van der Waals surface area contributed by atoms with E-state index in [1.54, 1.807) is 11.8 Å². The molecule has 24 heavy (non-hydrogen) atoms. The summed E-state index contributed by atoms with van der Waals surface area (Å²) in [5, 5.41) is 3.86. The Morgan fingerprint density at radius 1 is 1.50 bits per heavy atom. The fourth-order valence-electron chi connectivity index (χ4n) is 3.62. The Balaban J connectivity index is 1.76. The molecule has 1 aromatic rings. The summed E-state index contributed by atoms with van der Waals surface area (Å²) in [4.78, 5) is 14.1. The molecule has 4 nitrogen and oxygen atoms in total. The molecule has 1 heterocycles. The summed E-state index contributed by atoms with van der Waals surface area (Å²) in [5.41, 5.74) is 6.31. The number of thioether (sulfide) groups is 1. The number of amides is 1.